The van der Waals surface area contributed by atoms with Crippen molar-refractivity contribution in [3.63, 3.8) is 0 Å². The van der Waals surface area contributed by atoms with Crippen molar-refractivity contribution in [3.8, 4) is 11.3 Å². The van der Waals surface area contributed by atoms with E-state index in [0.717, 1.165) is 66.0 Å². The van der Waals surface area contributed by atoms with Gasteiger partial charge in [0.2, 0.25) is 4.80 Å². The summed E-state index contributed by atoms with van der Waals surface area (Å²) >= 11 is 7.70. The van der Waals surface area contributed by atoms with E-state index in [1.54, 1.807) is 11.3 Å². The van der Waals surface area contributed by atoms with E-state index in [0.29, 0.717) is 0 Å². The third-order valence-electron chi connectivity index (χ3n) is 5.33. The van der Waals surface area contributed by atoms with Gasteiger partial charge in [-0.05, 0) is 37.1 Å². The SMILES string of the molecule is Cc1ccc(C=Nn2c(-c3ccc(Cl)cc3)csc2=NCCN2CCOCC2)c(C)c1. The molecule has 5 nitrogen and oxygen atoms in total. The van der Waals surface area contributed by atoms with Gasteiger partial charge >= 0.3 is 0 Å². The standard InChI is InChI=1S/C24H27ClN4OS/c1-18-3-4-21(19(2)15-18)16-27-29-23(20-5-7-22(25)8-6-20)17-31-24(29)26-9-10-28-11-13-30-14-12-28/h3-8,15-17H,9-14H2,1-2H3. The largest absolute Gasteiger partial charge is 0.379 e. The van der Waals surface area contributed by atoms with Crippen LogP contribution >= 0.6 is 22.9 Å². The van der Waals surface area contributed by atoms with Crippen molar-refractivity contribution in [1.82, 2.24) is 9.58 Å². The number of halogens is 1. The molecule has 1 aliphatic heterocycles. The molecule has 0 bridgehead atoms. The van der Waals surface area contributed by atoms with Crippen LogP contribution in [0.3, 0.4) is 0 Å². The molecule has 0 unspecified atom stereocenters. The zero-order valence-electron chi connectivity index (χ0n) is 17.9. The number of aromatic nitrogens is 1. The van der Waals surface area contributed by atoms with Crippen LogP contribution in [0, 0.1) is 13.8 Å². The highest BCUT2D eigenvalue weighted by Crippen LogP contribution is 2.22. The van der Waals surface area contributed by atoms with E-state index in [-0.39, 0.29) is 0 Å². The first kappa shape index (κ1) is 22.0. The number of nitrogens with zero attached hydrogens (tertiary/aromatic N) is 4. The van der Waals surface area contributed by atoms with Gasteiger partial charge in [0, 0.05) is 35.6 Å². The molecule has 1 aliphatic rings. The van der Waals surface area contributed by atoms with Gasteiger partial charge in [0.15, 0.2) is 0 Å². The molecule has 0 atom stereocenters. The van der Waals surface area contributed by atoms with Crippen LogP contribution in [0.2, 0.25) is 5.02 Å². The molecular formula is C24H27ClN4OS. The minimum Gasteiger partial charge on any atom is -0.379 e. The second kappa shape index (κ2) is 10.4. The van der Waals surface area contributed by atoms with Crippen LogP contribution in [0.15, 0.2) is 57.9 Å². The summed E-state index contributed by atoms with van der Waals surface area (Å²) in [5.41, 5.74) is 5.63. The highest BCUT2D eigenvalue weighted by Gasteiger charge is 2.10. The number of aryl methyl sites for hydroxylation is 2. The Kier molecular flexibility index (Phi) is 7.35. The van der Waals surface area contributed by atoms with Crippen molar-refractivity contribution in [2.75, 3.05) is 39.4 Å². The van der Waals surface area contributed by atoms with Gasteiger partial charge in [0.1, 0.15) is 0 Å². The minimum absolute atomic E-state index is 0.722. The van der Waals surface area contributed by atoms with Gasteiger partial charge in [-0.25, -0.2) is 4.68 Å². The van der Waals surface area contributed by atoms with Gasteiger partial charge in [0.25, 0.3) is 0 Å². The van der Waals surface area contributed by atoms with Crippen LogP contribution in [-0.4, -0.2) is 55.2 Å². The monoisotopic (exact) mass is 454 g/mol. The molecule has 0 N–H and O–H groups in total. The molecule has 7 heteroatoms. The Hall–Kier alpha value is -2.25. The Balaban J connectivity index is 1.65. The molecule has 31 heavy (non-hydrogen) atoms. The summed E-state index contributed by atoms with van der Waals surface area (Å²) in [6, 6.07) is 14.2. The van der Waals surface area contributed by atoms with E-state index in [1.807, 2.05) is 35.2 Å². The van der Waals surface area contributed by atoms with E-state index >= 15 is 0 Å². The zero-order chi connectivity index (χ0) is 21.6. The molecule has 0 spiro atoms. The Morgan fingerprint density at radius 3 is 2.61 bits per heavy atom. The second-order valence-electron chi connectivity index (χ2n) is 7.66. The first-order valence-corrected chi connectivity index (χ1v) is 11.7. The molecule has 1 saturated heterocycles. The van der Waals surface area contributed by atoms with E-state index < -0.39 is 0 Å². The summed E-state index contributed by atoms with van der Waals surface area (Å²) in [6.07, 6.45) is 1.92. The van der Waals surface area contributed by atoms with Gasteiger partial charge < -0.3 is 4.74 Å². The first-order chi connectivity index (χ1) is 15.1. The summed E-state index contributed by atoms with van der Waals surface area (Å²) in [7, 11) is 0. The van der Waals surface area contributed by atoms with Crippen LogP contribution in [-0.2, 0) is 4.74 Å². The predicted octanol–water partition coefficient (Wildman–Crippen LogP) is 4.60. The lowest BCUT2D eigenvalue weighted by molar-refractivity contribution is 0.0393. The van der Waals surface area contributed by atoms with Crippen LogP contribution in [0.25, 0.3) is 11.3 Å². The average molecular weight is 455 g/mol. The van der Waals surface area contributed by atoms with Crippen molar-refractivity contribution in [2.24, 2.45) is 10.1 Å². The predicted molar refractivity (Wildman–Crippen MR) is 129 cm³/mol. The molecule has 1 aromatic heterocycles. The van der Waals surface area contributed by atoms with E-state index in [1.165, 1.54) is 11.1 Å². The molecule has 4 rings (SSSR count). The maximum absolute atomic E-state index is 6.09. The topological polar surface area (TPSA) is 42.1 Å². The van der Waals surface area contributed by atoms with Gasteiger partial charge in [-0.3, -0.25) is 9.89 Å². The summed E-state index contributed by atoms with van der Waals surface area (Å²) in [4.78, 5) is 8.15. The van der Waals surface area contributed by atoms with Crippen LogP contribution in [0.4, 0.5) is 0 Å². The van der Waals surface area contributed by atoms with Crippen LogP contribution < -0.4 is 4.80 Å². The van der Waals surface area contributed by atoms with Gasteiger partial charge in [-0.2, -0.15) is 5.10 Å². The van der Waals surface area contributed by atoms with Gasteiger partial charge in [-0.1, -0.05) is 47.5 Å². The van der Waals surface area contributed by atoms with Crippen LogP contribution in [0.1, 0.15) is 16.7 Å². The number of benzene rings is 2. The van der Waals surface area contributed by atoms with Gasteiger partial charge in [-0.15, -0.1) is 11.3 Å². The summed E-state index contributed by atoms with van der Waals surface area (Å²) in [6.45, 7) is 9.44. The minimum atomic E-state index is 0.722. The maximum atomic E-state index is 6.09. The lowest BCUT2D eigenvalue weighted by atomic mass is 10.1. The maximum Gasteiger partial charge on any atom is 0.206 e. The normalized spacial score (nSPS) is 15.8. The molecule has 2 heterocycles. The molecular weight excluding hydrogens is 428 g/mol. The van der Waals surface area contributed by atoms with Crippen molar-refractivity contribution in [3.05, 3.63) is 74.4 Å². The molecule has 0 saturated carbocycles. The third kappa shape index (κ3) is 5.71. The lowest BCUT2D eigenvalue weighted by Gasteiger charge is -2.25. The Bertz CT molecular complexity index is 1110. The first-order valence-electron chi connectivity index (χ1n) is 10.5. The number of thiazole rings is 1. The Morgan fingerprint density at radius 1 is 1.10 bits per heavy atom. The van der Waals surface area contributed by atoms with E-state index in [2.05, 4.69) is 42.3 Å². The number of hydrogen-bond donors (Lipinski definition) is 0. The number of ether oxygens (including phenoxy) is 1. The molecule has 0 radical (unpaired) electrons. The number of hydrogen-bond acceptors (Lipinski definition) is 5. The van der Waals surface area contributed by atoms with E-state index in [9.17, 15) is 0 Å². The fourth-order valence-electron chi connectivity index (χ4n) is 3.54. The van der Waals surface area contributed by atoms with Gasteiger partial charge in [0.05, 0.1) is 31.7 Å². The fourth-order valence-corrected chi connectivity index (χ4v) is 4.53. The van der Waals surface area contributed by atoms with Crippen molar-refractivity contribution in [1.29, 1.82) is 0 Å². The highest BCUT2D eigenvalue weighted by atomic mass is 35.5. The Morgan fingerprint density at radius 2 is 1.87 bits per heavy atom. The van der Waals surface area contributed by atoms with E-state index in [4.69, 9.17) is 26.4 Å². The number of rotatable bonds is 6. The highest BCUT2D eigenvalue weighted by molar-refractivity contribution is 7.07. The quantitative estimate of drug-likeness (QED) is 0.511. The van der Waals surface area contributed by atoms with Crippen molar-refractivity contribution in [2.45, 2.75) is 13.8 Å². The smallest absolute Gasteiger partial charge is 0.206 e. The number of morpholine rings is 1. The van der Waals surface area contributed by atoms with Crippen LogP contribution in [0.5, 0.6) is 0 Å². The molecule has 2 aromatic carbocycles. The average Bonchev–Trinajstić information content (AvgIpc) is 3.17. The zero-order valence-corrected chi connectivity index (χ0v) is 19.5. The molecule has 0 amide bonds. The lowest BCUT2D eigenvalue weighted by Crippen LogP contribution is -2.38. The Labute approximate surface area is 192 Å². The molecule has 0 aliphatic carbocycles. The molecule has 3 aromatic rings. The third-order valence-corrected chi connectivity index (χ3v) is 6.44. The summed E-state index contributed by atoms with van der Waals surface area (Å²) in [5.74, 6) is 0. The summed E-state index contributed by atoms with van der Waals surface area (Å²) < 4.78 is 7.37. The summed E-state index contributed by atoms with van der Waals surface area (Å²) in [5, 5.41) is 7.66. The molecule has 162 valence electrons. The van der Waals surface area contributed by atoms with Crippen molar-refractivity contribution < 1.29 is 4.74 Å². The molecule has 1 fully saturated rings. The van der Waals surface area contributed by atoms with Crippen molar-refractivity contribution >= 4 is 29.2 Å². The second-order valence-corrected chi connectivity index (χ2v) is 8.94. The fraction of sp³-hybridized carbons (Fsp3) is 0.333.